The van der Waals surface area contributed by atoms with Crippen LogP contribution in [0.1, 0.15) is 35.4 Å². The number of aromatic amines is 1. The molecule has 2 aromatic heterocycles. The smallest absolute Gasteiger partial charge is 0.391 e. The molecule has 14 heteroatoms. The summed E-state index contributed by atoms with van der Waals surface area (Å²) < 4.78 is 84.8. The van der Waals surface area contributed by atoms with Gasteiger partial charge < -0.3 is 19.7 Å². The Kier molecular flexibility index (Phi) is 6.38. The van der Waals surface area contributed by atoms with Gasteiger partial charge in [-0.15, -0.1) is 0 Å². The minimum absolute atomic E-state index is 0.00452. The molecular formula is C20H18ClF6N5O2. The van der Waals surface area contributed by atoms with E-state index in [1.165, 1.54) is 12.0 Å². The molecule has 0 fully saturated rings. The van der Waals surface area contributed by atoms with E-state index in [0.717, 1.165) is 10.9 Å². The lowest BCUT2D eigenvalue weighted by atomic mass is 9.94. The molecule has 1 aliphatic rings. The zero-order valence-electron chi connectivity index (χ0n) is 17.5. The molecule has 3 heterocycles. The van der Waals surface area contributed by atoms with Crippen molar-refractivity contribution in [3.63, 3.8) is 0 Å². The van der Waals surface area contributed by atoms with Gasteiger partial charge in [0.25, 0.3) is 0 Å². The highest BCUT2D eigenvalue weighted by Crippen LogP contribution is 2.40. The normalized spacial score (nSPS) is 17.8. The van der Waals surface area contributed by atoms with Crippen LogP contribution < -0.4 is 4.90 Å². The second kappa shape index (κ2) is 8.86. The number of methoxy groups -OCH3 is 1. The lowest BCUT2D eigenvalue weighted by molar-refractivity contribution is -0.155. The molecule has 2 N–H and O–H groups in total. The molecule has 3 aromatic rings. The molecule has 0 saturated carbocycles. The van der Waals surface area contributed by atoms with Gasteiger partial charge in [-0.05, 0) is 30.2 Å². The monoisotopic (exact) mass is 509 g/mol. The maximum Gasteiger partial charge on any atom is 0.451 e. The Morgan fingerprint density at radius 3 is 2.38 bits per heavy atom. The van der Waals surface area contributed by atoms with Gasteiger partial charge >= 0.3 is 12.4 Å². The molecule has 34 heavy (non-hydrogen) atoms. The van der Waals surface area contributed by atoms with Crippen molar-refractivity contribution in [3.05, 3.63) is 46.1 Å². The average molecular weight is 510 g/mol. The van der Waals surface area contributed by atoms with E-state index in [1.807, 2.05) is 0 Å². The fraction of sp³-hybridized carbons (Fsp3) is 0.450. The summed E-state index contributed by atoms with van der Waals surface area (Å²) in [5, 5.41) is 11.6. The van der Waals surface area contributed by atoms with Crippen LogP contribution in [0, 0.1) is 0 Å². The minimum Gasteiger partial charge on any atom is -0.391 e. The first-order chi connectivity index (χ1) is 15.9. The van der Waals surface area contributed by atoms with Crippen molar-refractivity contribution in [1.82, 2.24) is 19.9 Å². The molecule has 0 aliphatic carbocycles. The summed E-state index contributed by atoms with van der Waals surface area (Å²) in [6.07, 6.45) is -11.3. The van der Waals surface area contributed by atoms with Crippen LogP contribution in [-0.2, 0) is 23.5 Å². The third-order valence-electron chi connectivity index (χ3n) is 5.46. The molecule has 1 aromatic carbocycles. The van der Waals surface area contributed by atoms with Gasteiger partial charge in [0.2, 0.25) is 17.6 Å². The summed E-state index contributed by atoms with van der Waals surface area (Å²) in [6.45, 7) is -0.0972. The predicted octanol–water partition coefficient (Wildman–Crippen LogP) is 4.55. The predicted molar refractivity (Wildman–Crippen MR) is 109 cm³/mol. The first-order valence-electron chi connectivity index (χ1n) is 10.0. The van der Waals surface area contributed by atoms with Gasteiger partial charge in [-0.25, -0.2) is 4.98 Å². The number of aromatic nitrogens is 4. The van der Waals surface area contributed by atoms with Crippen molar-refractivity contribution in [2.75, 3.05) is 25.2 Å². The van der Waals surface area contributed by atoms with Gasteiger partial charge in [0.1, 0.15) is 0 Å². The van der Waals surface area contributed by atoms with Crippen molar-refractivity contribution < 1.29 is 36.2 Å². The Morgan fingerprint density at radius 2 is 1.79 bits per heavy atom. The van der Waals surface area contributed by atoms with E-state index in [1.54, 1.807) is 18.2 Å². The fourth-order valence-electron chi connectivity index (χ4n) is 4.09. The van der Waals surface area contributed by atoms with Gasteiger partial charge in [-0.2, -0.15) is 36.3 Å². The van der Waals surface area contributed by atoms with Crippen molar-refractivity contribution in [2.45, 2.75) is 37.3 Å². The molecule has 0 bridgehead atoms. The van der Waals surface area contributed by atoms with Crippen LogP contribution in [-0.4, -0.2) is 51.4 Å². The number of fused-ring (bicyclic) bond motifs is 3. The number of alkyl halides is 6. The van der Waals surface area contributed by atoms with E-state index in [4.69, 9.17) is 16.3 Å². The van der Waals surface area contributed by atoms with Crippen LogP contribution in [0.15, 0.2) is 18.2 Å². The molecule has 0 saturated heterocycles. The summed E-state index contributed by atoms with van der Waals surface area (Å²) in [7, 11) is 1.36. The number of H-pyrrole nitrogens is 1. The SMILES string of the molecule is COC[C@H](O)C[C@@H]1c2[nH]c3ccc(Cl)cc3c2CCN1c1nc(C(F)(F)F)nc(C(F)(F)F)n1. The molecule has 0 radical (unpaired) electrons. The lowest BCUT2D eigenvalue weighted by Crippen LogP contribution is -2.40. The lowest BCUT2D eigenvalue weighted by Gasteiger charge is -2.37. The van der Waals surface area contributed by atoms with Crippen molar-refractivity contribution in [1.29, 1.82) is 0 Å². The maximum absolute atomic E-state index is 13.3. The van der Waals surface area contributed by atoms with E-state index < -0.39 is 42.1 Å². The number of aliphatic hydroxyl groups excluding tert-OH is 1. The van der Waals surface area contributed by atoms with Gasteiger partial charge in [0, 0.05) is 41.7 Å². The molecule has 0 amide bonds. The van der Waals surface area contributed by atoms with Gasteiger partial charge in [0.15, 0.2) is 0 Å². The molecule has 0 spiro atoms. The minimum atomic E-state index is -5.22. The number of aliphatic hydroxyl groups is 1. The first kappa shape index (κ1) is 24.5. The zero-order valence-corrected chi connectivity index (χ0v) is 18.3. The van der Waals surface area contributed by atoms with E-state index >= 15 is 0 Å². The summed E-state index contributed by atoms with van der Waals surface area (Å²) >= 11 is 6.10. The van der Waals surface area contributed by atoms with Crippen LogP contribution in [0.25, 0.3) is 10.9 Å². The second-order valence-electron chi connectivity index (χ2n) is 7.79. The fourth-order valence-corrected chi connectivity index (χ4v) is 4.26. The first-order valence-corrected chi connectivity index (χ1v) is 10.4. The number of hydrogen-bond donors (Lipinski definition) is 2. The van der Waals surface area contributed by atoms with E-state index in [9.17, 15) is 31.4 Å². The van der Waals surface area contributed by atoms with Crippen LogP contribution in [0.5, 0.6) is 0 Å². The van der Waals surface area contributed by atoms with Gasteiger partial charge in [-0.1, -0.05) is 11.6 Å². The van der Waals surface area contributed by atoms with Crippen molar-refractivity contribution in [2.24, 2.45) is 0 Å². The van der Waals surface area contributed by atoms with E-state index in [2.05, 4.69) is 19.9 Å². The number of nitrogens with one attached hydrogen (secondary N) is 1. The molecular weight excluding hydrogens is 492 g/mol. The Morgan fingerprint density at radius 1 is 1.15 bits per heavy atom. The third kappa shape index (κ3) is 4.77. The van der Waals surface area contributed by atoms with Crippen molar-refractivity contribution >= 4 is 28.5 Å². The average Bonchev–Trinajstić information content (AvgIpc) is 3.11. The Hall–Kier alpha value is -2.64. The number of nitrogens with zero attached hydrogens (tertiary/aromatic N) is 4. The molecule has 0 unspecified atom stereocenters. The van der Waals surface area contributed by atoms with Gasteiger partial charge in [-0.3, -0.25) is 0 Å². The second-order valence-corrected chi connectivity index (χ2v) is 8.23. The largest absolute Gasteiger partial charge is 0.451 e. The highest BCUT2D eigenvalue weighted by molar-refractivity contribution is 6.31. The molecule has 184 valence electrons. The number of hydrogen-bond acceptors (Lipinski definition) is 6. The Balaban J connectivity index is 1.86. The van der Waals surface area contributed by atoms with Crippen LogP contribution in [0.2, 0.25) is 5.02 Å². The van der Waals surface area contributed by atoms with Crippen LogP contribution in [0.4, 0.5) is 32.3 Å². The molecule has 2 atom stereocenters. The molecule has 4 rings (SSSR count). The number of rotatable bonds is 5. The number of ether oxygens (including phenoxy) is 1. The Labute approximate surface area is 193 Å². The quantitative estimate of drug-likeness (QED) is 0.491. The van der Waals surface area contributed by atoms with E-state index in [-0.39, 0.29) is 26.0 Å². The summed E-state index contributed by atoms with van der Waals surface area (Å²) in [5.74, 6) is -4.68. The third-order valence-corrected chi connectivity index (χ3v) is 5.69. The highest BCUT2D eigenvalue weighted by atomic mass is 35.5. The zero-order chi connectivity index (χ0) is 24.8. The van der Waals surface area contributed by atoms with Crippen LogP contribution >= 0.6 is 11.6 Å². The molecule has 7 nitrogen and oxygen atoms in total. The number of anilines is 1. The maximum atomic E-state index is 13.3. The number of benzene rings is 1. The van der Waals surface area contributed by atoms with Crippen molar-refractivity contribution in [3.8, 4) is 0 Å². The van der Waals surface area contributed by atoms with E-state index in [0.29, 0.717) is 16.2 Å². The summed E-state index contributed by atoms with van der Waals surface area (Å²) in [5.41, 5.74) is 2.00. The standard InChI is InChI=1S/C20H18ClF6N5O2/c1-34-8-10(33)7-14-15-11(12-6-9(21)2-3-13(12)28-15)4-5-32(14)18-30-16(19(22,23)24)29-17(31-18)20(25,26)27/h2-3,6,10,14,28,33H,4-5,7-8H2,1H3/t10-,14-/m1/s1. The van der Waals surface area contributed by atoms with Gasteiger partial charge in [0.05, 0.1) is 18.8 Å². The Bertz CT molecular complexity index is 1170. The summed E-state index contributed by atoms with van der Waals surface area (Å²) in [6, 6.07) is 4.21. The molecule has 1 aliphatic heterocycles. The summed E-state index contributed by atoms with van der Waals surface area (Å²) in [4.78, 5) is 13.6. The topological polar surface area (TPSA) is 87.2 Å². The van der Waals surface area contributed by atoms with Crippen LogP contribution in [0.3, 0.4) is 0 Å². The highest BCUT2D eigenvalue weighted by Gasteiger charge is 2.43. The number of halogens is 7.